The topological polar surface area (TPSA) is 183 Å². The first-order chi connectivity index (χ1) is 18.1. The maximum absolute atomic E-state index is 12.6. The number of benzene rings is 1. The molecule has 14 nitrogen and oxygen atoms in total. The number of aryl methyl sites for hydroxylation is 1. The normalized spacial score (nSPS) is 12.5. The number of ether oxygens (including phenoxy) is 1. The number of aliphatic hydroxyl groups excluding tert-OH is 1. The van der Waals surface area contributed by atoms with E-state index in [1.807, 2.05) is 0 Å². The van der Waals surface area contributed by atoms with Crippen LogP contribution in [0.2, 0.25) is 10.0 Å². The van der Waals surface area contributed by atoms with Crippen LogP contribution in [0.25, 0.3) is 17.2 Å². The van der Waals surface area contributed by atoms with Crippen LogP contribution in [0.4, 0.5) is 11.8 Å². The van der Waals surface area contributed by atoms with Crippen LogP contribution < -0.4 is 21.4 Å². The average Bonchev–Trinajstić information content (AvgIpc) is 3.48. The zero-order chi connectivity index (χ0) is 27.4. The van der Waals surface area contributed by atoms with Gasteiger partial charge in [-0.2, -0.15) is 10.1 Å². The number of hydrogen-bond donors (Lipinski definition) is 3. The van der Waals surface area contributed by atoms with E-state index in [4.69, 9.17) is 32.4 Å². The summed E-state index contributed by atoms with van der Waals surface area (Å²) in [5.41, 5.74) is 1.36. The summed E-state index contributed by atoms with van der Waals surface area (Å²) in [5, 5.41) is 26.0. The van der Waals surface area contributed by atoms with Gasteiger partial charge in [0, 0.05) is 18.3 Å². The van der Waals surface area contributed by atoms with Crippen molar-refractivity contribution < 1.29 is 19.2 Å². The van der Waals surface area contributed by atoms with Crippen LogP contribution in [0.5, 0.6) is 5.75 Å². The third-order valence-electron chi connectivity index (χ3n) is 5.10. The molecule has 3 aromatic heterocycles. The fourth-order valence-corrected chi connectivity index (χ4v) is 3.81. The minimum absolute atomic E-state index is 0.0202. The minimum Gasteiger partial charge on any atom is -0.489 e. The number of nitrogens with one attached hydrogen (secondary N) is 2. The van der Waals surface area contributed by atoms with Gasteiger partial charge in [-0.1, -0.05) is 23.2 Å². The first kappa shape index (κ1) is 26.7. The van der Waals surface area contributed by atoms with Gasteiger partial charge in [0.15, 0.2) is 11.2 Å². The average molecular weight is 564 g/mol. The van der Waals surface area contributed by atoms with Crippen molar-refractivity contribution in [3.8, 4) is 5.75 Å². The Balaban J connectivity index is 1.54. The van der Waals surface area contributed by atoms with E-state index in [-0.39, 0.29) is 41.0 Å². The van der Waals surface area contributed by atoms with Crippen molar-refractivity contribution in [3.05, 3.63) is 83.2 Å². The third-order valence-corrected chi connectivity index (χ3v) is 5.63. The molecule has 4 aromatic rings. The van der Waals surface area contributed by atoms with E-state index in [0.29, 0.717) is 10.8 Å². The number of aromatic nitrogens is 4. The van der Waals surface area contributed by atoms with E-state index < -0.39 is 28.2 Å². The number of rotatable bonds is 10. The number of fused-ring (bicyclic) bond motifs is 1. The Labute approximate surface area is 222 Å². The number of nitrogens with zero attached hydrogens (tertiary/aromatic N) is 5. The molecule has 0 amide bonds. The lowest BCUT2D eigenvalue weighted by Gasteiger charge is -2.15. The minimum atomic E-state index is -1.13. The van der Waals surface area contributed by atoms with Crippen molar-refractivity contribution >= 4 is 58.5 Å². The van der Waals surface area contributed by atoms with Crippen LogP contribution in [-0.4, -0.2) is 48.1 Å². The Morgan fingerprint density at radius 1 is 1.34 bits per heavy atom. The molecule has 1 atom stereocenters. The number of halogens is 2. The van der Waals surface area contributed by atoms with Crippen molar-refractivity contribution in [1.82, 2.24) is 19.1 Å². The fraction of sp³-hybridized carbons (Fsp3) is 0.182. The highest BCUT2D eigenvalue weighted by molar-refractivity contribution is 6.35. The molecule has 0 spiro atoms. The molecule has 0 bridgehead atoms. The van der Waals surface area contributed by atoms with Crippen molar-refractivity contribution in [2.45, 2.75) is 12.6 Å². The van der Waals surface area contributed by atoms with Crippen molar-refractivity contribution in [2.75, 3.05) is 12.0 Å². The summed E-state index contributed by atoms with van der Waals surface area (Å²) in [7, 11) is 1.43. The molecule has 1 unspecified atom stereocenters. The summed E-state index contributed by atoms with van der Waals surface area (Å²) >= 11 is 12.0. The number of furan rings is 1. The summed E-state index contributed by atoms with van der Waals surface area (Å²) in [6.07, 6.45) is 3.07. The number of anilines is 1. The van der Waals surface area contributed by atoms with Gasteiger partial charge in [-0.05, 0) is 36.4 Å². The van der Waals surface area contributed by atoms with Crippen molar-refractivity contribution in [1.29, 1.82) is 0 Å². The highest BCUT2D eigenvalue weighted by Gasteiger charge is 2.20. The molecule has 0 radical (unpaired) electrons. The number of nitro groups is 1. The molecule has 3 N–H and O–H groups in total. The number of aliphatic hydroxyl groups is 1. The number of imidazole rings is 1. The molecule has 16 heteroatoms. The maximum atomic E-state index is 12.6. The van der Waals surface area contributed by atoms with Gasteiger partial charge >= 0.3 is 11.6 Å². The number of hydrazone groups is 1. The van der Waals surface area contributed by atoms with Crippen LogP contribution >= 0.6 is 23.2 Å². The van der Waals surface area contributed by atoms with Gasteiger partial charge in [-0.3, -0.25) is 24.5 Å². The van der Waals surface area contributed by atoms with Gasteiger partial charge in [-0.15, -0.1) is 0 Å². The van der Waals surface area contributed by atoms with Crippen LogP contribution in [0.15, 0.2) is 55.5 Å². The molecule has 0 aliphatic heterocycles. The molecule has 0 saturated carbocycles. The molecule has 1 aromatic carbocycles. The molecule has 38 heavy (non-hydrogen) atoms. The van der Waals surface area contributed by atoms with E-state index in [0.717, 1.165) is 4.57 Å². The number of hydrogen-bond acceptors (Lipinski definition) is 10. The van der Waals surface area contributed by atoms with Gasteiger partial charge in [0.05, 0.1) is 17.6 Å². The van der Waals surface area contributed by atoms with Gasteiger partial charge in [0.1, 0.15) is 29.1 Å². The molecule has 0 fully saturated rings. The monoisotopic (exact) mass is 563 g/mol. The van der Waals surface area contributed by atoms with Crippen LogP contribution in [0, 0.1) is 10.1 Å². The zero-order valence-electron chi connectivity index (χ0n) is 19.5. The van der Waals surface area contributed by atoms with Crippen molar-refractivity contribution in [3.63, 3.8) is 0 Å². The molecule has 4 rings (SSSR count). The summed E-state index contributed by atoms with van der Waals surface area (Å²) in [4.78, 5) is 41.2. The van der Waals surface area contributed by atoms with Gasteiger partial charge in [-0.25, -0.2) is 10.2 Å². The lowest BCUT2D eigenvalue weighted by atomic mass is 10.3. The highest BCUT2D eigenvalue weighted by atomic mass is 35.5. The first-order valence-electron chi connectivity index (χ1n) is 10.8. The quantitative estimate of drug-likeness (QED) is 0.148. The summed E-state index contributed by atoms with van der Waals surface area (Å²) in [5.74, 6) is 0.196. The molecule has 3 heterocycles. The standard InChI is InChI=1S/C22H19Cl2N7O7/c1-29-19-18(20(33)27-22(29)34)30(10-13(32)11-37-16-6-4-12(23)9-15(16)24)21(26-19)28-25-8-2-3-14-5-7-17(38-14)31(35)36/h2-9,13,32H,10-11H2,1H3,(H,26,28)(H,27,33,34)/b3-2-,25-8+. The second-order valence-corrected chi connectivity index (χ2v) is 8.60. The van der Waals surface area contributed by atoms with E-state index in [1.54, 1.807) is 12.1 Å². The Morgan fingerprint density at radius 3 is 2.84 bits per heavy atom. The predicted octanol–water partition coefficient (Wildman–Crippen LogP) is 2.78. The molecule has 198 valence electrons. The largest absolute Gasteiger partial charge is 0.489 e. The Hall–Kier alpha value is -4.40. The lowest BCUT2D eigenvalue weighted by Crippen LogP contribution is -2.30. The SMILES string of the molecule is Cn1c(=O)[nH]c(=O)c2c1nc(N/N=C/C=C\c1ccc([N+](=O)[O-])o1)n2CC(O)COc1ccc(Cl)cc1Cl. The van der Waals surface area contributed by atoms with Crippen LogP contribution in [0.1, 0.15) is 5.76 Å². The van der Waals surface area contributed by atoms with E-state index in [1.165, 1.54) is 48.2 Å². The Morgan fingerprint density at radius 2 is 2.13 bits per heavy atom. The Bertz CT molecular complexity index is 1670. The van der Waals surface area contributed by atoms with Gasteiger partial charge in [0.25, 0.3) is 5.56 Å². The first-order valence-corrected chi connectivity index (χ1v) is 11.5. The van der Waals surface area contributed by atoms with E-state index >= 15 is 0 Å². The maximum Gasteiger partial charge on any atom is 0.433 e. The lowest BCUT2D eigenvalue weighted by molar-refractivity contribution is -0.402. The van der Waals surface area contributed by atoms with Crippen LogP contribution in [-0.2, 0) is 13.6 Å². The fourth-order valence-electron chi connectivity index (χ4n) is 3.35. The summed E-state index contributed by atoms with van der Waals surface area (Å²) in [6, 6.07) is 7.27. The zero-order valence-corrected chi connectivity index (χ0v) is 21.0. The molecular weight excluding hydrogens is 545 g/mol. The molecular formula is C22H19Cl2N7O7. The van der Waals surface area contributed by atoms with Gasteiger partial charge in [0.2, 0.25) is 5.95 Å². The summed E-state index contributed by atoms with van der Waals surface area (Å²) in [6.45, 7) is -0.349. The number of aromatic amines is 1. The number of allylic oxidation sites excluding steroid dienone is 1. The molecule has 0 saturated heterocycles. The van der Waals surface area contributed by atoms with E-state index in [2.05, 4.69) is 20.5 Å². The van der Waals surface area contributed by atoms with Crippen molar-refractivity contribution in [2.24, 2.45) is 12.1 Å². The van der Waals surface area contributed by atoms with Crippen LogP contribution in [0.3, 0.4) is 0 Å². The third kappa shape index (κ3) is 5.94. The number of H-pyrrole nitrogens is 1. The highest BCUT2D eigenvalue weighted by Crippen LogP contribution is 2.27. The summed E-state index contributed by atoms with van der Waals surface area (Å²) < 4.78 is 13.1. The molecule has 0 aliphatic rings. The second kappa shape index (κ2) is 11.3. The van der Waals surface area contributed by atoms with E-state index in [9.17, 15) is 24.8 Å². The predicted molar refractivity (Wildman–Crippen MR) is 140 cm³/mol. The molecule has 0 aliphatic carbocycles. The Kier molecular flexibility index (Phi) is 7.95. The smallest absolute Gasteiger partial charge is 0.433 e. The van der Waals surface area contributed by atoms with Gasteiger partial charge < -0.3 is 18.8 Å². The second-order valence-electron chi connectivity index (χ2n) is 7.76.